The second-order valence-corrected chi connectivity index (χ2v) is 4.67. The molecule has 0 amide bonds. The number of carbonyl (C=O) groups is 1. The van der Waals surface area contributed by atoms with Gasteiger partial charge >= 0.3 is 0 Å². The lowest BCUT2D eigenvalue weighted by Gasteiger charge is -2.11. The monoisotopic (exact) mass is 268 g/mol. The van der Waals surface area contributed by atoms with Crippen LogP contribution in [0.4, 0.5) is 4.39 Å². The van der Waals surface area contributed by atoms with E-state index in [1.807, 2.05) is 35.8 Å². The maximum absolute atomic E-state index is 14.0. The van der Waals surface area contributed by atoms with Crippen LogP contribution in [0.15, 0.2) is 42.5 Å². The summed E-state index contributed by atoms with van der Waals surface area (Å²) in [5.41, 5.74) is 2.31. The zero-order chi connectivity index (χ0) is 14.3. The van der Waals surface area contributed by atoms with Gasteiger partial charge in [0.25, 0.3) is 0 Å². The zero-order valence-electron chi connectivity index (χ0n) is 11.2. The minimum absolute atomic E-state index is 0.0961. The van der Waals surface area contributed by atoms with E-state index in [0.29, 0.717) is 5.69 Å². The molecule has 1 heterocycles. The lowest BCUT2D eigenvalue weighted by Crippen LogP contribution is -2.07. The first-order valence-electron chi connectivity index (χ1n) is 6.33. The molecule has 0 aliphatic carbocycles. The van der Waals surface area contributed by atoms with Gasteiger partial charge in [0, 0.05) is 0 Å². The van der Waals surface area contributed by atoms with E-state index in [0.717, 1.165) is 16.9 Å². The van der Waals surface area contributed by atoms with Crippen molar-refractivity contribution in [2.24, 2.45) is 0 Å². The number of benzene rings is 2. The van der Waals surface area contributed by atoms with E-state index in [1.165, 1.54) is 13.0 Å². The standard InChI is InChI=1S/C16H13FN2O/c1-10(20)16-12(17)6-5-9-15(16)19-11(2)18-13-7-3-4-8-14(13)19/h3-9H,1-2H3. The molecular weight excluding hydrogens is 255 g/mol. The predicted octanol–water partition coefficient (Wildman–Crippen LogP) is 3.68. The molecule has 4 heteroatoms. The minimum atomic E-state index is -0.507. The Morgan fingerprint density at radius 1 is 1.15 bits per heavy atom. The van der Waals surface area contributed by atoms with E-state index in [-0.39, 0.29) is 11.3 Å². The van der Waals surface area contributed by atoms with Gasteiger partial charge in [0.2, 0.25) is 0 Å². The van der Waals surface area contributed by atoms with Crippen LogP contribution < -0.4 is 0 Å². The van der Waals surface area contributed by atoms with Crippen molar-refractivity contribution in [2.75, 3.05) is 0 Å². The zero-order valence-corrected chi connectivity index (χ0v) is 11.2. The fraction of sp³-hybridized carbons (Fsp3) is 0.125. The molecule has 3 nitrogen and oxygen atoms in total. The van der Waals surface area contributed by atoms with E-state index < -0.39 is 5.82 Å². The highest BCUT2D eigenvalue weighted by Crippen LogP contribution is 2.25. The smallest absolute Gasteiger partial charge is 0.164 e. The second kappa shape index (κ2) is 4.56. The summed E-state index contributed by atoms with van der Waals surface area (Å²) >= 11 is 0. The number of para-hydroxylation sites is 2. The van der Waals surface area contributed by atoms with Gasteiger partial charge in [-0.1, -0.05) is 18.2 Å². The molecule has 20 heavy (non-hydrogen) atoms. The predicted molar refractivity (Wildman–Crippen MR) is 75.8 cm³/mol. The van der Waals surface area contributed by atoms with Crippen molar-refractivity contribution in [3.63, 3.8) is 0 Å². The van der Waals surface area contributed by atoms with Crippen molar-refractivity contribution in [3.8, 4) is 5.69 Å². The van der Waals surface area contributed by atoms with Gasteiger partial charge in [0.05, 0.1) is 22.3 Å². The third-order valence-corrected chi connectivity index (χ3v) is 3.31. The normalized spacial score (nSPS) is 10.9. The molecule has 0 radical (unpaired) electrons. The number of hydrogen-bond donors (Lipinski definition) is 0. The number of halogens is 1. The Bertz CT molecular complexity index is 820. The SMILES string of the molecule is CC(=O)c1c(F)cccc1-n1c(C)nc2ccccc21. The Hall–Kier alpha value is -2.49. The molecule has 0 aliphatic heterocycles. The summed E-state index contributed by atoms with van der Waals surface area (Å²) in [5.74, 6) is -0.0817. The molecule has 100 valence electrons. The first kappa shape index (κ1) is 12.5. The molecule has 3 aromatic rings. The number of ketones is 1. The molecule has 0 saturated heterocycles. The van der Waals surface area contributed by atoms with E-state index >= 15 is 0 Å². The van der Waals surface area contributed by atoms with E-state index in [9.17, 15) is 9.18 Å². The topological polar surface area (TPSA) is 34.9 Å². The Labute approximate surface area is 115 Å². The van der Waals surface area contributed by atoms with Crippen LogP contribution in [0.5, 0.6) is 0 Å². The molecule has 0 fully saturated rings. The van der Waals surface area contributed by atoms with Crippen LogP contribution in [-0.4, -0.2) is 15.3 Å². The fourth-order valence-electron chi connectivity index (χ4n) is 2.50. The van der Waals surface area contributed by atoms with E-state index in [4.69, 9.17) is 0 Å². The summed E-state index contributed by atoms with van der Waals surface area (Å²) in [4.78, 5) is 16.2. The summed E-state index contributed by atoms with van der Waals surface area (Å²) < 4.78 is 15.8. The quantitative estimate of drug-likeness (QED) is 0.664. The highest BCUT2D eigenvalue weighted by Gasteiger charge is 2.17. The van der Waals surface area contributed by atoms with Gasteiger partial charge in [-0.15, -0.1) is 0 Å². The van der Waals surface area contributed by atoms with Gasteiger partial charge < -0.3 is 0 Å². The van der Waals surface area contributed by atoms with Crippen molar-refractivity contribution in [1.29, 1.82) is 0 Å². The van der Waals surface area contributed by atoms with Gasteiger partial charge in [-0.2, -0.15) is 0 Å². The maximum Gasteiger partial charge on any atom is 0.164 e. The molecule has 0 unspecified atom stereocenters. The number of hydrogen-bond acceptors (Lipinski definition) is 2. The number of imidazole rings is 1. The Kier molecular flexibility index (Phi) is 2.86. The molecule has 3 rings (SSSR count). The minimum Gasteiger partial charge on any atom is -0.296 e. The molecule has 0 aliphatic rings. The fourth-order valence-corrected chi connectivity index (χ4v) is 2.50. The molecular formula is C16H13FN2O. The average Bonchev–Trinajstić information content (AvgIpc) is 2.73. The molecule has 0 atom stereocenters. The van der Waals surface area contributed by atoms with Crippen molar-refractivity contribution in [2.45, 2.75) is 13.8 Å². The highest BCUT2D eigenvalue weighted by atomic mass is 19.1. The summed E-state index contributed by atoms with van der Waals surface area (Å²) in [7, 11) is 0. The summed E-state index contributed by atoms with van der Waals surface area (Å²) in [6.07, 6.45) is 0. The third kappa shape index (κ3) is 1.81. The van der Waals surface area contributed by atoms with Gasteiger partial charge in [0.15, 0.2) is 5.78 Å². The summed E-state index contributed by atoms with van der Waals surface area (Å²) in [6.45, 7) is 3.21. The maximum atomic E-state index is 14.0. The molecule has 2 aromatic carbocycles. The summed E-state index contributed by atoms with van der Waals surface area (Å²) in [6, 6.07) is 12.2. The Balaban J connectivity index is 2.40. The molecule has 0 N–H and O–H groups in total. The van der Waals surface area contributed by atoms with E-state index in [1.54, 1.807) is 12.1 Å². The largest absolute Gasteiger partial charge is 0.296 e. The van der Waals surface area contributed by atoms with Crippen molar-refractivity contribution < 1.29 is 9.18 Å². The number of rotatable bonds is 2. The lowest BCUT2D eigenvalue weighted by atomic mass is 10.1. The van der Waals surface area contributed by atoms with Crippen LogP contribution in [0.3, 0.4) is 0 Å². The van der Waals surface area contributed by atoms with Crippen LogP contribution >= 0.6 is 0 Å². The van der Waals surface area contributed by atoms with Gasteiger partial charge in [-0.3, -0.25) is 9.36 Å². The number of aryl methyl sites for hydroxylation is 1. The Morgan fingerprint density at radius 3 is 2.65 bits per heavy atom. The summed E-state index contributed by atoms with van der Waals surface area (Å²) in [5, 5.41) is 0. The lowest BCUT2D eigenvalue weighted by molar-refractivity contribution is 0.101. The molecule has 0 bridgehead atoms. The number of fused-ring (bicyclic) bond motifs is 1. The highest BCUT2D eigenvalue weighted by molar-refractivity contribution is 5.98. The number of Topliss-reactive ketones (excluding diaryl/α,β-unsaturated/α-hetero) is 1. The van der Waals surface area contributed by atoms with Crippen molar-refractivity contribution >= 4 is 16.8 Å². The van der Waals surface area contributed by atoms with Gasteiger partial charge in [-0.25, -0.2) is 9.37 Å². The number of aromatic nitrogens is 2. The van der Waals surface area contributed by atoms with Crippen LogP contribution in [0, 0.1) is 12.7 Å². The first-order valence-corrected chi connectivity index (χ1v) is 6.33. The third-order valence-electron chi connectivity index (χ3n) is 3.31. The van der Waals surface area contributed by atoms with Crippen molar-refractivity contribution in [3.05, 3.63) is 59.7 Å². The van der Waals surface area contributed by atoms with Crippen LogP contribution in [0.25, 0.3) is 16.7 Å². The van der Waals surface area contributed by atoms with Gasteiger partial charge in [-0.05, 0) is 38.1 Å². The number of carbonyl (C=O) groups excluding carboxylic acids is 1. The average molecular weight is 268 g/mol. The van der Waals surface area contributed by atoms with E-state index in [2.05, 4.69) is 4.98 Å². The molecule has 1 aromatic heterocycles. The Morgan fingerprint density at radius 2 is 1.90 bits per heavy atom. The molecule has 0 spiro atoms. The number of nitrogens with zero attached hydrogens (tertiary/aromatic N) is 2. The molecule has 0 saturated carbocycles. The van der Waals surface area contributed by atoms with Crippen molar-refractivity contribution in [1.82, 2.24) is 9.55 Å². The first-order chi connectivity index (χ1) is 9.59. The van der Waals surface area contributed by atoms with Crippen LogP contribution in [0.2, 0.25) is 0 Å². The van der Waals surface area contributed by atoms with Crippen LogP contribution in [-0.2, 0) is 0 Å². The second-order valence-electron chi connectivity index (χ2n) is 4.67. The van der Waals surface area contributed by atoms with Crippen LogP contribution in [0.1, 0.15) is 23.1 Å². The van der Waals surface area contributed by atoms with Gasteiger partial charge in [0.1, 0.15) is 11.6 Å².